The number of hydrogen-bond acceptors (Lipinski definition) is 2. The lowest BCUT2D eigenvalue weighted by Gasteiger charge is -2.04. The van der Waals surface area contributed by atoms with Crippen LogP contribution < -0.4 is 0 Å². The molecule has 20 heavy (non-hydrogen) atoms. The number of thioether (sulfide) groups is 1. The zero-order valence-corrected chi connectivity index (χ0v) is 13.0. The minimum absolute atomic E-state index is 0.437. The maximum atomic E-state index is 11.9. The molecule has 0 atom stereocenters. The molecular weight excluding hydrogens is 285 g/mol. The van der Waals surface area contributed by atoms with Crippen molar-refractivity contribution in [2.45, 2.75) is 64.5 Å². The summed E-state index contributed by atoms with van der Waals surface area (Å²) in [6, 6.07) is 0. The molecule has 0 aliphatic rings. The van der Waals surface area contributed by atoms with E-state index in [0.717, 1.165) is 43.9 Å². The van der Waals surface area contributed by atoms with Crippen LogP contribution in [0.2, 0.25) is 0 Å². The third-order valence-electron chi connectivity index (χ3n) is 2.86. The van der Waals surface area contributed by atoms with Gasteiger partial charge in [-0.05, 0) is 31.4 Å². The molecule has 0 aliphatic heterocycles. The summed E-state index contributed by atoms with van der Waals surface area (Å²) < 4.78 is 35.7. The van der Waals surface area contributed by atoms with Gasteiger partial charge in [-0.3, -0.25) is 4.79 Å². The first-order valence-electron chi connectivity index (χ1n) is 7.31. The van der Waals surface area contributed by atoms with E-state index in [1.165, 1.54) is 19.3 Å². The minimum atomic E-state index is -4.67. The molecule has 118 valence electrons. The number of ketones is 1. The van der Waals surface area contributed by atoms with E-state index in [-0.39, 0.29) is 0 Å². The number of hydrogen-bond donors (Lipinski definition) is 0. The van der Waals surface area contributed by atoms with Gasteiger partial charge in [0.15, 0.2) is 0 Å². The van der Waals surface area contributed by atoms with Gasteiger partial charge in [0.25, 0.3) is 0 Å². The van der Waals surface area contributed by atoms with E-state index in [9.17, 15) is 18.0 Å². The average molecular weight is 310 g/mol. The zero-order chi connectivity index (χ0) is 15.3. The summed E-state index contributed by atoms with van der Waals surface area (Å²) in [5.74, 6) is -1.42. The summed E-state index contributed by atoms with van der Waals surface area (Å²) in [5, 5.41) is 0. The van der Waals surface area contributed by atoms with E-state index in [1.54, 1.807) is 0 Å². The Kier molecular flexibility index (Phi) is 12.0. The molecule has 0 bridgehead atoms. The SMILES string of the molecule is CC/C=C\CCCCCCCCSCC(=O)C(F)(F)F. The van der Waals surface area contributed by atoms with Crippen molar-refractivity contribution >= 4 is 17.5 Å². The molecule has 0 unspecified atom stereocenters. The van der Waals surface area contributed by atoms with Crippen LogP contribution in [0, 0.1) is 0 Å². The second kappa shape index (κ2) is 12.3. The zero-order valence-electron chi connectivity index (χ0n) is 12.2. The monoisotopic (exact) mass is 310 g/mol. The first-order chi connectivity index (χ1) is 9.48. The van der Waals surface area contributed by atoms with Crippen LogP contribution in [0.25, 0.3) is 0 Å². The lowest BCUT2D eigenvalue weighted by molar-refractivity contribution is -0.167. The second-order valence-electron chi connectivity index (χ2n) is 4.76. The fourth-order valence-corrected chi connectivity index (χ4v) is 2.61. The van der Waals surface area contributed by atoms with Crippen molar-refractivity contribution in [2.24, 2.45) is 0 Å². The van der Waals surface area contributed by atoms with Gasteiger partial charge in [-0.25, -0.2) is 0 Å². The second-order valence-corrected chi connectivity index (χ2v) is 5.87. The number of Topliss-reactive ketones (excluding diaryl/α,β-unsaturated/α-hetero) is 1. The molecule has 1 nitrogen and oxygen atoms in total. The Balaban J connectivity index is 3.21. The van der Waals surface area contributed by atoms with Crippen molar-refractivity contribution in [3.05, 3.63) is 12.2 Å². The topological polar surface area (TPSA) is 17.1 Å². The highest BCUT2D eigenvalue weighted by Crippen LogP contribution is 2.19. The highest BCUT2D eigenvalue weighted by molar-refractivity contribution is 7.99. The van der Waals surface area contributed by atoms with Crippen LogP contribution in [-0.4, -0.2) is 23.5 Å². The van der Waals surface area contributed by atoms with Crippen molar-refractivity contribution < 1.29 is 18.0 Å². The molecule has 0 aromatic heterocycles. The number of carbonyl (C=O) groups is 1. The van der Waals surface area contributed by atoms with Crippen molar-refractivity contribution in [1.82, 2.24) is 0 Å². The third kappa shape index (κ3) is 12.6. The van der Waals surface area contributed by atoms with Gasteiger partial charge in [-0.2, -0.15) is 24.9 Å². The quantitative estimate of drug-likeness (QED) is 0.347. The molecule has 0 aliphatic carbocycles. The maximum Gasteiger partial charge on any atom is 0.450 e. The Morgan fingerprint density at radius 2 is 1.60 bits per heavy atom. The van der Waals surface area contributed by atoms with E-state index in [4.69, 9.17) is 0 Å². The third-order valence-corrected chi connectivity index (χ3v) is 3.90. The van der Waals surface area contributed by atoms with Crippen molar-refractivity contribution in [2.75, 3.05) is 11.5 Å². The van der Waals surface area contributed by atoms with Gasteiger partial charge in [0.1, 0.15) is 0 Å². The number of halogens is 3. The van der Waals surface area contributed by atoms with E-state index in [2.05, 4.69) is 19.1 Å². The Labute approximate surface area is 124 Å². The summed E-state index contributed by atoms with van der Waals surface area (Å²) in [5.41, 5.74) is 0. The van der Waals surface area contributed by atoms with E-state index >= 15 is 0 Å². The molecule has 0 aromatic carbocycles. The smallest absolute Gasteiger partial charge is 0.289 e. The molecule has 0 heterocycles. The first-order valence-corrected chi connectivity index (χ1v) is 8.46. The molecule has 0 saturated heterocycles. The highest BCUT2D eigenvalue weighted by Gasteiger charge is 2.37. The molecule has 0 spiro atoms. The summed E-state index contributed by atoms with van der Waals surface area (Å²) >= 11 is 1.09. The number of carbonyl (C=O) groups excluding carboxylic acids is 1. The average Bonchev–Trinajstić information content (AvgIpc) is 2.38. The number of rotatable bonds is 12. The molecule has 0 N–H and O–H groups in total. The number of allylic oxidation sites excluding steroid dienone is 2. The molecule has 0 aromatic rings. The van der Waals surface area contributed by atoms with Crippen LogP contribution >= 0.6 is 11.8 Å². The maximum absolute atomic E-state index is 11.9. The van der Waals surface area contributed by atoms with E-state index < -0.39 is 17.7 Å². The van der Waals surface area contributed by atoms with Gasteiger partial charge in [-0.1, -0.05) is 44.8 Å². The molecule has 0 amide bonds. The van der Waals surface area contributed by atoms with Crippen LogP contribution in [0.15, 0.2) is 12.2 Å². The van der Waals surface area contributed by atoms with E-state index in [1.807, 2.05) is 0 Å². The van der Waals surface area contributed by atoms with Crippen molar-refractivity contribution in [3.63, 3.8) is 0 Å². The van der Waals surface area contributed by atoms with Crippen LogP contribution in [-0.2, 0) is 4.79 Å². The Morgan fingerprint density at radius 3 is 2.20 bits per heavy atom. The standard InChI is InChI=1S/C15H25F3OS/c1-2-3-4-5-6-7-8-9-10-11-12-20-13-14(19)15(16,17)18/h3-4H,2,5-13H2,1H3/b4-3-. The molecule has 0 radical (unpaired) electrons. The lowest BCUT2D eigenvalue weighted by atomic mass is 10.1. The molecule has 0 fully saturated rings. The number of unbranched alkanes of at least 4 members (excludes halogenated alkanes) is 6. The van der Waals surface area contributed by atoms with Gasteiger partial charge in [-0.15, -0.1) is 0 Å². The van der Waals surface area contributed by atoms with Crippen molar-refractivity contribution in [3.8, 4) is 0 Å². The minimum Gasteiger partial charge on any atom is -0.289 e. The Morgan fingerprint density at radius 1 is 1.00 bits per heavy atom. The Bertz CT molecular complexity index is 275. The highest BCUT2D eigenvalue weighted by atomic mass is 32.2. The van der Waals surface area contributed by atoms with Crippen LogP contribution in [0.3, 0.4) is 0 Å². The van der Waals surface area contributed by atoms with Crippen LogP contribution in [0.1, 0.15) is 58.3 Å². The van der Waals surface area contributed by atoms with Crippen LogP contribution in [0.5, 0.6) is 0 Å². The van der Waals surface area contributed by atoms with Gasteiger partial charge in [0, 0.05) is 0 Å². The van der Waals surface area contributed by atoms with Gasteiger partial charge >= 0.3 is 6.18 Å². The number of alkyl halides is 3. The predicted molar refractivity (Wildman–Crippen MR) is 80.1 cm³/mol. The Hall–Kier alpha value is -0.450. The largest absolute Gasteiger partial charge is 0.450 e. The summed E-state index contributed by atoms with van der Waals surface area (Å²) in [6.07, 6.45) is 8.64. The fourth-order valence-electron chi connectivity index (χ4n) is 1.70. The van der Waals surface area contributed by atoms with Crippen LogP contribution in [0.4, 0.5) is 13.2 Å². The van der Waals surface area contributed by atoms with Crippen molar-refractivity contribution in [1.29, 1.82) is 0 Å². The van der Waals surface area contributed by atoms with E-state index in [0.29, 0.717) is 5.75 Å². The fraction of sp³-hybridized carbons (Fsp3) is 0.800. The summed E-state index contributed by atoms with van der Waals surface area (Å²) in [7, 11) is 0. The predicted octanol–water partition coefficient (Wildman–Crippen LogP) is 5.55. The molecular formula is C15H25F3OS. The molecule has 5 heteroatoms. The molecule has 0 rings (SSSR count). The lowest BCUT2D eigenvalue weighted by Crippen LogP contribution is -2.24. The summed E-state index contributed by atoms with van der Waals surface area (Å²) in [6.45, 7) is 2.12. The van der Waals surface area contributed by atoms with Gasteiger partial charge in [0.2, 0.25) is 5.78 Å². The molecule has 0 saturated carbocycles. The normalized spacial score (nSPS) is 12.2. The van der Waals surface area contributed by atoms with Gasteiger partial charge < -0.3 is 0 Å². The summed E-state index contributed by atoms with van der Waals surface area (Å²) in [4.78, 5) is 10.6. The first kappa shape index (κ1) is 19.6. The van der Waals surface area contributed by atoms with Gasteiger partial charge in [0.05, 0.1) is 5.75 Å².